The second kappa shape index (κ2) is 6.12. The van der Waals surface area contributed by atoms with Crippen molar-refractivity contribution in [3.8, 4) is 6.07 Å². The molecule has 0 N–H and O–H groups in total. The van der Waals surface area contributed by atoms with E-state index in [1.165, 1.54) is 19.3 Å². The normalized spacial score (nSPS) is 21.4. The summed E-state index contributed by atoms with van der Waals surface area (Å²) in [4.78, 5) is 19.6. The molecular formula is C19H20N4O. The molecule has 1 unspecified atom stereocenters. The minimum atomic E-state index is -0.370. The Kier molecular flexibility index (Phi) is 3.81. The van der Waals surface area contributed by atoms with E-state index in [-0.39, 0.29) is 11.9 Å². The quantitative estimate of drug-likeness (QED) is 0.854. The van der Waals surface area contributed by atoms with Gasteiger partial charge in [0.1, 0.15) is 6.04 Å². The van der Waals surface area contributed by atoms with Crippen molar-refractivity contribution in [3.05, 3.63) is 53.6 Å². The largest absolute Gasteiger partial charge is 0.332 e. The molecule has 0 saturated heterocycles. The van der Waals surface area contributed by atoms with Crippen LogP contribution >= 0.6 is 0 Å². The summed E-state index contributed by atoms with van der Waals surface area (Å²) in [6.07, 6.45) is 9.48. The van der Waals surface area contributed by atoms with Gasteiger partial charge in [-0.1, -0.05) is 31.4 Å². The number of carbonyl (C=O) groups is 1. The van der Waals surface area contributed by atoms with Gasteiger partial charge in [-0.15, -0.1) is 0 Å². The van der Waals surface area contributed by atoms with Crippen LogP contribution in [0.3, 0.4) is 0 Å². The zero-order chi connectivity index (χ0) is 16.5. The lowest BCUT2D eigenvalue weighted by Crippen LogP contribution is -2.48. The number of imidazole rings is 1. The Bertz CT molecular complexity index is 780. The predicted octanol–water partition coefficient (Wildman–Crippen LogP) is 3.02. The number of amides is 1. The summed E-state index contributed by atoms with van der Waals surface area (Å²) in [6.45, 7) is 0.649. The Labute approximate surface area is 141 Å². The molecule has 1 fully saturated rings. The molecule has 24 heavy (non-hydrogen) atoms. The summed E-state index contributed by atoms with van der Waals surface area (Å²) in [5, 5.41) is 8.99. The zero-order valence-corrected chi connectivity index (χ0v) is 13.6. The van der Waals surface area contributed by atoms with E-state index in [0.29, 0.717) is 18.2 Å². The molecule has 1 amide bonds. The van der Waals surface area contributed by atoms with Gasteiger partial charge in [0.2, 0.25) is 0 Å². The molecule has 5 heteroatoms. The van der Waals surface area contributed by atoms with Gasteiger partial charge in [0.15, 0.2) is 0 Å². The summed E-state index contributed by atoms with van der Waals surface area (Å²) >= 11 is 0. The minimum absolute atomic E-state index is 0.150. The maximum absolute atomic E-state index is 13.3. The number of rotatable bonds is 2. The Morgan fingerprint density at radius 1 is 1.12 bits per heavy atom. The lowest BCUT2D eigenvalue weighted by molar-refractivity contribution is -0.139. The maximum atomic E-state index is 13.3. The van der Waals surface area contributed by atoms with E-state index in [4.69, 9.17) is 5.26 Å². The van der Waals surface area contributed by atoms with Crippen LogP contribution in [0.15, 0.2) is 36.8 Å². The smallest absolute Gasteiger partial charge is 0.250 e. The first kappa shape index (κ1) is 14.9. The number of nitrogens with zero attached hydrogens (tertiary/aromatic N) is 4. The third kappa shape index (κ3) is 2.48. The van der Waals surface area contributed by atoms with E-state index in [1.54, 1.807) is 18.5 Å². The van der Waals surface area contributed by atoms with Gasteiger partial charge in [0, 0.05) is 12.2 Å². The highest BCUT2D eigenvalue weighted by molar-refractivity contribution is 5.85. The molecule has 0 bridgehead atoms. The van der Waals surface area contributed by atoms with Crippen molar-refractivity contribution >= 4 is 5.91 Å². The Hall–Kier alpha value is -2.61. The van der Waals surface area contributed by atoms with Gasteiger partial charge >= 0.3 is 0 Å². The molecule has 1 aliphatic heterocycles. The van der Waals surface area contributed by atoms with Gasteiger partial charge in [-0.05, 0) is 30.5 Å². The topological polar surface area (TPSA) is 61.9 Å². The van der Waals surface area contributed by atoms with Crippen LogP contribution in [-0.4, -0.2) is 26.4 Å². The summed E-state index contributed by atoms with van der Waals surface area (Å²) < 4.78 is 1.98. The molecule has 4 rings (SSSR count). The first-order valence-electron chi connectivity index (χ1n) is 8.59. The molecule has 122 valence electrons. The number of carbonyl (C=O) groups excluding carboxylic acids is 1. The third-order valence-electron chi connectivity index (χ3n) is 5.24. The molecule has 0 radical (unpaired) electrons. The van der Waals surface area contributed by atoms with E-state index >= 15 is 0 Å². The lowest BCUT2D eigenvalue weighted by Gasteiger charge is -2.40. The van der Waals surface area contributed by atoms with Crippen molar-refractivity contribution in [1.29, 1.82) is 5.26 Å². The van der Waals surface area contributed by atoms with Gasteiger partial charge in [0.05, 0.1) is 30.2 Å². The maximum Gasteiger partial charge on any atom is 0.250 e. The van der Waals surface area contributed by atoms with Crippen LogP contribution in [0.2, 0.25) is 0 Å². The Morgan fingerprint density at radius 2 is 1.88 bits per heavy atom. The highest BCUT2D eigenvalue weighted by Crippen LogP contribution is 2.33. The second-order valence-electron chi connectivity index (χ2n) is 6.69. The monoisotopic (exact) mass is 320 g/mol. The van der Waals surface area contributed by atoms with Gasteiger partial charge < -0.3 is 9.47 Å². The van der Waals surface area contributed by atoms with Crippen LogP contribution in [0.1, 0.15) is 55.0 Å². The number of hydrogen-bond donors (Lipinski definition) is 0. The van der Waals surface area contributed by atoms with E-state index in [0.717, 1.165) is 24.1 Å². The molecule has 0 spiro atoms. The van der Waals surface area contributed by atoms with Crippen LogP contribution < -0.4 is 0 Å². The average Bonchev–Trinajstić information content (AvgIpc) is 3.10. The molecule has 1 aromatic heterocycles. The molecule has 2 aliphatic rings. The molecule has 2 heterocycles. The summed E-state index contributed by atoms with van der Waals surface area (Å²) in [5.74, 6) is 0.150. The predicted molar refractivity (Wildman–Crippen MR) is 88.9 cm³/mol. The first-order chi connectivity index (χ1) is 11.8. The van der Waals surface area contributed by atoms with E-state index in [1.807, 2.05) is 22.9 Å². The minimum Gasteiger partial charge on any atom is -0.332 e. The fourth-order valence-electron chi connectivity index (χ4n) is 3.96. The van der Waals surface area contributed by atoms with Gasteiger partial charge in [-0.2, -0.15) is 5.26 Å². The van der Waals surface area contributed by atoms with Crippen LogP contribution in [-0.2, 0) is 11.3 Å². The van der Waals surface area contributed by atoms with Crippen LogP contribution in [0, 0.1) is 11.3 Å². The third-order valence-corrected chi connectivity index (χ3v) is 5.24. The van der Waals surface area contributed by atoms with E-state index in [2.05, 4.69) is 16.0 Å². The summed E-state index contributed by atoms with van der Waals surface area (Å²) in [5.41, 5.74) is 2.60. The number of benzene rings is 1. The van der Waals surface area contributed by atoms with Gasteiger partial charge in [-0.3, -0.25) is 4.79 Å². The first-order valence-corrected chi connectivity index (χ1v) is 8.59. The highest BCUT2D eigenvalue weighted by Gasteiger charge is 2.37. The Morgan fingerprint density at radius 3 is 2.58 bits per heavy atom. The second-order valence-corrected chi connectivity index (χ2v) is 6.69. The SMILES string of the molecule is N#Cc1ccc(C2C(=O)N(C3CCCCC3)Cc3cncn32)cc1. The highest BCUT2D eigenvalue weighted by atomic mass is 16.2. The van der Waals surface area contributed by atoms with Crippen molar-refractivity contribution in [2.24, 2.45) is 0 Å². The average molecular weight is 320 g/mol. The number of hydrogen-bond acceptors (Lipinski definition) is 3. The molecular weight excluding hydrogens is 300 g/mol. The zero-order valence-electron chi connectivity index (χ0n) is 13.6. The number of nitriles is 1. The van der Waals surface area contributed by atoms with E-state index in [9.17, 15) is 4.79 Å². The molecule has 1 atom stereocenters. The molecule has 2 aromatic rings. The fourth-order valence-corrected chi connectivity index (χ4v) is 3.96. The van der Waals surface area contributed by atoms with Gasteiger partial charge in [0.25, 0.3) is 5.91 Å². The molecule has 1 saturated carbocycles. The van der Waals surface area contributed by atoms with Crippen molar-refractivity contribution in [2.45, 2.75) is 50.7 Å². The van der Waals surface area contributed by atoms with Crippen LogP contribution in [0.25, 0.3) is 0 Å². The fraction of sp³-hybridized carbons (Fsp3) is 0.421. The molecule has 1 aliphatic carbocycles. The van der Waals surface area contributed by atoms with Crippen molar-refractivity contribution in [2.75, 3.05) is 0 Å². The standard InChI is InChI=1S/C19H20N4O/c20-10-14-6-8-15(9-7-14)18-19(24)22(16-4-2-1-3-5-16)12-17-11-21-13-23(17)18/h6-9,11,13,16,18H,1-5,12H2. The Balaban J connectivity index is 1.71. The van der Waals surface area contributed by atoms with E-state index < -0.39 is 0 Å². The number of aromatic nitrogens is 2. The summed E-state index contributed by atoms with van der Waals surface area (Å²) in [6, 6.07) is 9.42. The summed E-state index contributed by atoms with van der Waals surface area (Å²) in [7, 11) is 0. The van der Waals surface area contributed by atoms with Crippen molar-refractivity contribution < 1.29 is 4.79 Å². The van der Waals surface area contributed by atoms with Crippen LogP contribution in [0.5, 0.6) is 0 Å². The van der Waals surface area contributed by atoms with Crippen LogP contribution in [0.4, 0.5) is 0 Å². The van der Waals surface area contributed by atoms with Crippen molar-refractivity contribution in [1.82, 2.24) is 14.5 Å². The molecule has 5 nitrogen and oxygen atoms in total. The van der Waals surface area contributed by atoms with Crippen molar-refractivity contribution in [3.63, 3.8) is 0 Å². The lowest BCUT2D eigenvalue weighted by atomic mass is 9.92. The number of fused-ring (bicyclic) bond motifs is 1. The molecule has 1 aromatic carbocycles. The van der Waals surface area contributed by atoms with Gasteiger partial charge in [-0.25, -0.2) is 4.98 Å².